The zero-order chi connectivity index (χ0) is 20.1. The normalized spacial score (nSPS) is 14.2. The molecule has 0 saturated heterocycles. The van der Waals surface area contributed by atoms with E-state index in [1.54, 1.807) is 4.90 Å². The number of halogens is 2. The lowest BCUT2D eigenvalue weighted by molar-refractivity contribution is 0.0224. The van der Waals surface area contributed by atoms with Crippen LogP contribution in [0.3, 0.4) is 0 Å². The number of hydrogen-bond donors (Lipinski definition) is 0. The molecular formula is C18H18ClFN6O2. The van der Waals surface area contributed by atoms with E-state index in [4.69, 9.17) is 16.3 Å². The van der Waals surface area contributed by atoms with Crippen LogP contribution in [0.5, 0.6) is 0 Å². The predicted molar refractivity (Wildman–Crippen MR) is 99.3 cm³/mol. The van der Waals surface area contributed by atoms with Gasteiger partial charge in [0.2, 0.25) is 5.28 Å². The molecule has 0 atom stereocenters. The Morgan fingerprint density at radius 1 is 1.29 bits per heavy atom. The third-order valence-electron chi connectivity index (χ3n) is 4.21. The van der Waals surface area contributed by atoms with E-state index in [0.717, 1.165) is 17.5 Å². The van der Waals surface area contributed by atoms with Crippen molar-refractivity contribution in [2.75, 3.05) is 6.54 Å². The van der Waals surface area contributed by atoms with E-state index in [1.807, 2.05) is 20.8 Å². The molecule has 0 aliphatic carbocycles. The van der Waals surface area contributed by atoms with Crippen LogP contribution in [0, 0.1) is 5.82 Å². The molecule has 4 heterocycles. The number of carbonyl (C=O) groups is 1. The summed E-state index contributed by atoms with van der Waals surface area (Å²) in [6.45, 7) is 6.24. The van der Waals surface area contributed by atoms with Gasteiger partial charge in [-0.15, -0.1) is 0 Å². The Morgan fingerprint density at radius 2 is 2.07 bits per heavy atom. The molecule has 0 bridgehead atoms. The molecule has 10 heteroatoms. The maximum atomic E-state index is 13.5. The van der Waals surface area contributed by atoms with E-state index in [-0.39, 0.29) is 11.1 Å². The third-order valence-corrected chi connectivity index (χ3v) is 4.45. The van der Waals surface area contributed by atoms with Crippen molar-refractivity contribution in [2.45, 2.75) is 39.3 Å². The van der Waals surface area contributed by atoms with Gasteiger partial charge in [0.1, 0.15) is 11.4 Å². The van der Waals surface area contributed by atoms with Crippen molar-refractivity contribution in [3.05, 3.63) is 40.8 Å². The summed E-state index contributed by atoms with van der Waals surface area (Å²) in [5.41, 5.74) is 1.86. The number of nitrogens with zero attached hydrogens (tertiary/aromatic N) is 6. The second-order valence-electron chi connectivity index (χ2n) is 7.52. The number of rotatable bonds is 1. The lowest BCUT2D eigenvalue weighted by Gasteiger charge is -2.29. The van der Waals surface area contributed by atoms with Crippen molar-refractivity contribution in [1.82, 2.24) is 29.5 Å². The van der Waals surface area contributed by atoms with Crippen LogP contribution in [-0.4, -0.2) is 47.7 Å². The molecule has 0 spiro atoms. The van der Waals surface area contributed by atoms with Gasteiger partial charge in [0.25, 0.3) is 0 Å². The van der Waals surface area contributed by atoms with Crippen molar-refractivity contribution >= 4 is 23.3 Å². The lowest BCUT2D eigenvalue weighted by atomic mass is 10.1. The van der Waals surface area contributed by atoms with Crippen molar-refractivity contribution in [1.29, 1.82) is 0 Å². The minimum atomic E-state index is -0.582. The molecule has 0 aromatic carbocycles. The molecule has 1 aliphatic rings. The zero-order valence-electron chi connectivity index (χ0n) is 15.6. The second-order valence-corrected chi connectivity index (χ2v) is 7.86. The zero-order valence-corrected chi connectivity index (χ0v) is 16.4. The Morgan fingerprint density at radius 3 is 2.79 bits per heavy atom. The molecule has 28 heavy (non-hydrogen) atoms. The molecule has 4 rings (SSSR count). The molecule has 1 amide bonds. The van der Waals surface area contributed by atoms with Gasteiger partial charge in [-0.25, -0.2) is 14.2 Å². The van der Waals surface area contributed by atoms with Crippen molar-refractivity contribution in [3.63, 3.8) is 0 Å². The highest BCUT2D eigenvalue weighted by Crippen LogP contribution is 2.27. The molecule has 3 aromatic heterocycles. The van der Waals surface area contributed by atoms with E-state index < -0.39 is 17.5 Å². The molecule has 8 nitrogen and oxygen atoms in total. The first kappa shape index (κ1) is 18.5. The number of carbonyl (C=O) groups excluding carboxylic acids is 1. The fraction of sp³-hybridized carbons (Fsp3) is 0.389. The summed E-state index contributed by atoms with van der Waals surface area (Å²) in [7, 11) is 0. The molecule has 0 radical (unpaired) electrons. The number of aromatic nitrogens is 5. The van der Waals surface area contributed by atoms with Crippen LogP contribution >= 0.6 is 11.6 Å². The minimum Gasteiger partial charge on any atom is -0.444 e. The summed E-state index contributed by atoms with van der Waals surface area (Å²) in [4.78, 5) is 26.6. The van der Waals surface area contributed by atoms with E-state index in [1.165, 1.54) is 16.8 Å². The molecule has 0 N–H and O–H groups in total. The first-order valence-electron chi connectivity index (χ1n) is 8.74. The van der Waals surface area contributed by atoms with Crippen LogP contribution < -0.4 is 0 Å². The highest BCUT2D eigenvalue weighted by atomic mass is 35.5. The van der Waals surface area contributed by atoms with Gasteiger partial charge in [0, 0.05) is 30.3 Å². The predicted octanol–water partition coefficient (Wildman–Crippen LogP) is 3.27. The average molecular weight is 405 g/mol. The largest absolute Gasteiger partial charge is 0.444 e. The second kappa shape index (κ2) is 6.66. The molecule has 0 fully saturated rings. The van der Waals surface area contributed by atoms with Crippen LogP contribution in [-0.2, 0) is 17.7 Å². The summed E-state index contributed by atoms with van der Waals surface area (Å²) < 4.78 is 20.4. The van der Waals surface area contributed by atoms with Crippen molar-refractivity contribution in [2.24, 2.45) is 0 Å². The van der Waals surface area contributed by atoms with Gasteiger partial charge in [-0.2, -0.15) is 14.6 Å². The maximum Gasteiger partial charge on any atom is 0.410 e. The lowest BCUT2D eigenvalue weighted by Crippen LogP contribution is -2.39. The highest BCUT2D eigenvalue weighted by molar-refractivity contribution is 6.28. The van der Waals surface area contributed by atoms with Gasteiger partial charge in [0.15, 0.2) is 11.5 Å². The van der Waals surface area contributed by atoms with Gasteiger partial charge in [-0.3, -0.25) is 4.98 Å². The summed E-state index contributed by atoms with van der Waals surface area (Å²) in [6.07, 6.45) is 2.71. The number of hydrogen-bond acceptors (Lipinski definition) is 6. The Hall–Kier alpha value is -2.81. The van der Waals surface area contributed by atoms with Gasteiger partial charge in [-0.1, -0.05) is 0 Å². The van der Waals surface area contributed by atoms with Crippen LogP contribution in [0.15, 0.2) is 18.5 Å². The minimum absolute atomic E-state index is 0.0995. The van der Waals surface area contributed by atoms with E-state index in [2.05, 4.69) is 20.1 Å². The van der Waals surface area contributed by atoms with Crippen LogP contribution in [0.25, 0.3) is 17.0 Å². The molecule has 1 aliphatic heterocycles. The van der Waals surface area contributed by atoms with Crippen LogP contribution in [0.4, 0.5) is 9.18 Å². The first-order chi connectivity index (χ1) is 13.2. The number of ether oxygens (including phenoxy) is 1. The molecule has 0 unspecified atom stereocenters. The molecular weight excluding hydrogens is 387 g/mol. The first-order valence-corrected chi connectivity index (χ1v) is 9.12. The topological polar surface area (TPSA) is 85.5 Å². The summed E-state index contributed by atoms with van der Waals surface area (Å²) in [6, 6.07) is 1.28. The van der Waals surface area contributed by atoms with Crippen LogP contribution in [0.2, 0.25) is 5.28 Å². The smallest absolute Gasteiger partial charge is 0.410 e. The molecule has 0 saturated carbocycles. The van der Waals surface area contributed by atoms with E-state index in [9.17, 15) is 9.18 Å². The Balaban J connectivity index is 1.74. The maximum absolute atomic E-state index is 13.5. The van der Waals surface area contributed by atoms with Crippen molar-refractivity contribution < 1.29 is 13.9 Å². The van der Waals surface area contributed by atoms with Gasteiger partial charge >= 0.3 is 6.09 Å². The Bertz CT molecular complexity index is 1080. The third kappa shape index (κ3) is 3.49. The van der Waals surface area contributed by atoms with Gasteiger partial charge in [0.05, 0.1) is 18.4 Å². The van der Waals surface area contributed by atoms with Gasteiger partial charge < -0.3 is 9.64 Å². The average Bonchev–Trinajstić information content (AvgIpc) is 2.99. The quantitative estimate of drug-likeness (QED) is 0.618. The molecule has 146 valence electrons. The van der Waals surface area contributed by atoms with E-state index in [0.29, 0.717) is 30.7 Å². The summed E-state index contributed by atoms with van der Waals surface area (Å²) in [5, 5.41) is 4.56. The summed E-state index contributed by atoms with van der Waals surface area (Å²) in [5.74, 6) is -0.259. The Labute approximate surface area is 165 Å². The SMILES string of the molecule is CC(C)(C)OC(=O)N1CCc2nn3c(Cl)nc(-c4cncc(F)c4)nc3c2C1. The fourth-order valence-electron chi connectivity index (χ4n) is 3.01. The van der Waals surface area contributed by atoms with Crippen molar-refractivity contribution in [3.8, 4) is 11.4 Å². The fourth-order valence-corrected chi connectivity index (χ4v) is 3.21. The molecule has 3 aromatic rings. The number of amides is 1. The summed E-state index contributed by atoms with van der Waals surface area (Å²) >= 11 is 6.29. The Kier molecular flexibility index (Phi) is 4.41. The highest BCUT2D eigenvalue weighted by Gasteiger charge is 2.29. The number of pyridine rings is 1. The standard InChI is InChI=1S/C18H18ClFN6O2/c1-18(2,3)28-17(27)25-5-4-13-12(9-25)15-22-14(23-16(19)26(15)24-13)10-6-11(20)8-21-7-10/h6-8H,4-5,9H2,1-3H3. The van der Waals surface area contributed by atoms with E-state index >= 15 is 0 Å². The van der Waals surface area contributed by atoms with Gasteiger partial charge in [-0.05, 0) is 38.4 Å². The number of fused-ring (bicyclic) bond motifs is 3. The van der Waals surface area contributed by atoms with Crippen LogP contribution in [0.1, 0.15) is 32.0 Å². The monoisotopic (exact) mass is 404 g/mol.